The van der Waals surface area contributed by atoms with E-state index in [1.165, 1.54) is 0 Å². The van der Waals surface area contributed by atoms with E-state index >= 15 is 0 Å². The Bertz CT molecular complexity index is 322. The summed E-state index contributed by atoms with van der Waals surface area (Å²) in [5, 5.41) is 8.84. The summed E-state index contributed by atoms with van der Waals surface area (Å²) >= 11 is 0. The van der Waals surface area contributed by atoms with E-state index in [4.69, 9.17) is 10.00 Å². The van der Waals surface area contributed by atoms with Gasteiger partial charge in [-0.1, -0.05) is 0 Å². The van der Waals surface area contributed by atoms with E-state index in [-0.39, 0.29) is 24.2 Å². The van der Waals surface area contributed by atoms with Crippen molar-refractivity contribution in [2.75, 3.05) is 32.8 Å². The maximum atomic E-state index is 11.9. The Balaban J connectivity index is 2.35. The van der Waals surface area contributed by atoms with Crippen LogP contribution in [0.15, 0.2) is 0 Å². The second-order valence-corrected chi connectivity index (χ2v) is 5.62. The smallest absolute Gasteiger partial charge is 0.248 e. The number of rotatable bonds is 3. The fraction of sp³-hybridized carbons (Fsp3) is 0.846. The lowest BCUT2D eigenvalue weighted by atomic mass is 10.2. The molecule has 1 fully saturated rings. The molecule has 0 spiro atoms. The number of nitriles is 1. The normalized spacial score (nSPS) is 19.4. The van der Waals surface area contributed by atoms with Crippen LogP contribution in [0.5, 0.6) is 0 Å². The maximum absolute atomic E-state index is 11.9. The van der Waals surface area contributed by atoms with Crippen molar-refractivity contribution in [2.45, 2.75) is 39.3 Å². The quantitative estimate of drug-likeness (QED) is 0.748. The molecule has 1 aliphatic heterocycles. The van der Waals surface area contributed by atoms with Crippen molar-refractivity contribution in [3.8, 4) is 6.07 Å². The minimum atomic E-state index is -0.285. The zero-order valence-corrected chi connectivity index (χ0v) is 11.8. The molecule has 1 aliphatic rings. The highest BCUT2D eigenvalue weighted by Gasteiger charge is 2.24. The van der Waals surface area contributed by atoms with Crippen LogP contribution in [0.25, 0.3) is 0 Å². The lowest BCUT2D eigenvalue weighted by Crippen LogP contribution is -2.52. The van der Waals surface area contributed by atoms with Gasteiger partial charge in [0.2, 0.25) is 5.91 Å². The van der Waals surface area contributed by atoms with E-state index in [0.717, 1.165) is 13.1 Å². The number of amides is 1. The summed E-state index contributed by atoms with van der Waals surface area (Å²) < 4.78 is 5.48. The first-order valence-electron chi connectivity index (χ1n) is 6.39. The van der Waals surface area contributed by atoms with Crippen LogP contribution >= 0.6 is 0 Å². The summed E-state index contributed by atoms with van der Waals surface area (Å²) in [5.74, 6) is 0.0363. The molecule has 0 saturated carbocycles. The summed E-state index contributed by atoms with van der Waals surface area (Å²) in [7, 11) is 0. The van der Waals surface area contributed by atoms with Gasteiger partial charge in [-0.15, -0.1) is 0 Å². The van der Waals surface area contributed by atoms with Crippen molar-refractivity contribution in [3.63, 3.8) is 0 Å². The highest BCUT2D eigenvalue weighted by molar-refractivity contribution is 5.77. The Morgan fingerprint density at radius 3 is 2.33 bits per heavy atom. The Morgan fingerprint density at radius 1 is 1.33 bits per heavy atom. The molecule has 1 rings (SSSR count). The molecule has 0 bridgehead atoms. The zero-order chi connectivity index (χ0) is 13.8. The Kier molecular flexibility index (Phi) is 5.12. The van der Waals surface area contributed by atoms with Gasteiger partial charge in [0.15, 0.2) is 0 Å². The second kappa shape index (κ2) is 6.17. The fourth-order valence-corrected chi connectivity index (χ4v) is 1.81. The highest BCUT2D eigenvalue weighted by atomic mass is 16.5. The van der Waals surface area contributed by atoms with Crippen LogP contribution in [-0.2, 0) is 9.53 Å². The van der Waals surface area contributed by atoms with Gasteiger partial charge in [-0.3, -0.25) is 9.69 Å². The predicted octanol–water partition coefficient (Wildman–Crippen LogP) is 0.858. The first-order chi connectivity index (χ1) is 8.33. The van der Waals surface area contributed by atoms with E-state index < -0.39 is 0 Å². The van der Waals surface area contributed by atoms with Gasteiger partial charge in [-0.25, -0.2) is 0 Å². The van der Waals surface area contributed by atoms with E-state index in [0.29, 0.717) is 13.1 Å². The number of nitrogens with zero attached hydrogens (tertiary/aromatic N) is 3. The Labute approximate surface area is 109 Å². The molecule has 102 valence electrons. The third kappa shape index (κ3) is 4.63. The van der Waals surface area contributed by atoms with Crippen molar-refractivity contribution < 1.29 is 9.53 Å². The molecule has 0 aromatic carbocycles. The molecule has 1 heterocycles. The predicted molar refractivity (Wildman–Crippen MR) is 68.9 cm³/mol. The lowest BCUT2D eigenvalue weighted by molar-refractivity contribution is -0.142. The first kappa shape index (κ1) is 14.9. The summed E-state index contributed by atoms with van der Waals surface area (Å²) in [5.41, 5.74) is -0.285. The molecule has 1 amide bonds. The van der Waals surface area contributed by atoms with Gasteiger partial charge in [0, 0.05) is 26.2 Å². The summed E-state index contributed by atoms with van der Waals surface area (Å²) in [6.07, 6.45) is 0. The van der Waals surface area contributed by atoms with Crippen LogP contribution < -0.4 is 0 Å². The minimum absolute atomic E-state index is 0.0363. The monoisotopic (exact) mass is 253 g/mol. The number of hydrogen-bond donors (Lipinski definition) is 0. The van der Waals surface area contributed by atoms with Crippen molar-refractivity contribution in [1.29, 1.82) is 5.26 Å². The number of ether oxygens (including phenoxy) is 1. The SMILES string of the molecule is CC(C#N)N1CCN(C(=O)COC(C)(C)C)CC1. The average Bonchev–Trinajstić information content (AvgIpc) is 2.34. The molecular weight excluding hydrogens is 230 g/mol. The molecule has 0 radical (unpaired) electrons. The Morgan fingerprint density at radius 2 is 1.89 bits per heavy atom. The lowest BCUT2D eigenvalue weighted by Gasteiger charge is -2.36. The summed E-state index contributed by atoms with van der Waals surface area (Å²) in [4.78, 5) is 15.8. The second-order valence-electron chi connectivity index (χ2n) is 5.62. The van der Waals surface area contributed by atoms with Crippen LogP contribution in [0, 0.1) is 11.3 Å². The zero-order valence-electron chi connectivity index (χ0n) is 11.8. The average molecular weight is 253 g/mol. The number of carbonyl (C=O) groups is 1. The molecular formula is C13H23N3O2. The van der Waals surface area contributed by atoms with Gasteiger partial charge < -0.3 is 9.64 Å². The van der Waals surface area contributed by atoms with Gasteiger partial charge in [-0.05, 0) is 27.7 Å². The van der Waals surface area contributed by atoms with Crippen LogP contribution in [0.3, 0.4) is 0 Å². The standard InChI is InChI=1S/C13H23N3O2/c1-11(9-14)15-5-7-16(8-6-15)12(17)10-18-13(2,3)4/h11H,5-8,10H2,1-4H3. The largest absolute Gasteiger partial charge is 0.366 e. The van der Waals surface area contributed by atoms with Gasteiger partial charge in [0.1, 0.15) is 6.61 Å². The molecule has 0 aromatic rings. The summed E-state index contributed by atoms with van der Waals surface area (Å²) in [6.45, 7) is 10.7. The van der Waals surface area contributed by atoms with Crippen LogP contribution in [0.2, 0.25) is 0 Å². The van der Waals surface area contributed by atoms with Crippen LogP contribution in [0.1, 0.15) is 27.7 Å². The van der Waals surface area contributed by atoms with Gasteiger partial charge >= 0.3 is 0 Å². The molecule has 0 N–H and O–H groups in total. The molecule has 5 heteroatoms. The number of piperazine rings is 1. The van der Waals surface area contributed by atoms with E-state index in [1.54, 1.807) is 0 Å². The van der Waals surface area contributed by atoms with Crippen LogP contribution in [-0.4, -0.2) is 60.1 Å². The molecule has 5 nitrogen and oxygen atoms in total. The van der Waals surface area contributed by atoms with Gasteiger partial charge in [0.05, 0.1) is 17.7 Å². The topological polar surface area (TPSA) is 56.6 Å². The van der Waals surface area contributed by atoms with Gasteiger partial charge in [0.25, 0.3) is 0 Å². The van der Waals surface area contributed by atoms with Crippen LogP contribution in [0.4, 0.5) is 0 Å². The molecule has 1 saturated heterocycles. The third-order valence-electron chi connectivity index (χ3n) is 3.03. The van der Waals surface area contributed by atoms with Crippen molar-refractivity contribution in [2.24, 2.45) is 0 Å². The number of carbonyl (C=O) groups excluding carboxylic acids is 1. The van der Waals surface area contributed by atoms with Crippen molar-refractivity contribution in [1.82, 2.24) is 9.80 Å². The highest BCUT2D eigenvalue weighted by Crippen LogP contribution is 2.09. The molecule has 0 aliphatic carbocycles. The van der Waals surface area contributed by atoms with Crippen molar-refractivity contribution in [3.05, 3.63) is 0 Å². The molecule has 0 aromatic heterocycles. The van der Waals surface area contributed by atoms with Gasteiger partial charge in [-0.2, -0.15) is 5.26 Å². The van der Waals surface area contributed by atoms with E-state index in [9.17, 15) is 4.79 Å². The summed E-state index contributed by atoms with van der Waals surface area (Å²) in [6, 6.07) is 2.15. The van der Waals surface area contributed by atoms with Crippen molar-refractivity contribution >= 4 is 5.91 Å². The van der Waals surface area contributed by atoms with E-state index in [1.807, 2.05) is 32.6 Å². The minimum Gasteiger partial charge on any atom is -0.366 e. The molecule has 18 heavy (non-hydrogen) atoms. The van der Waals surface area contributed by atoms with E-state index in [2.05, 4.69) is 11.0 Å². The third-order valence-corrected chi connectivity index (χ3v) is 3.03. The maximum Gasteiger partial charge on any atom is 0.248 e. The Hall–Kier alpha value is -1.12. The number of hydrogen-bond acceptors (Lipinski definition) is 4. The molecule has 1 unspecified atom stereocenters. The fourth-order valence-electron chi connectivity index (χ4n) is 1.81. The first-order valence-corrected chi connectivity index (χ1v) is 6.39. The molecule has 1 atom stereocenters.